The fraction of sp³-hybridized carbons (Fsp3) is 0.606. The van der Waals surface area contributed by atoms with Crippen molar-refractivity contribution >= 4 is 5.91 Å². The predicted molar refractivity (Wildman–Crippen MR) is 159 cm³/mol. The van der Waals surface area contributed by atoms with Crippen molar-refractivity contribution < 1.29 is 13.9 Å². The third-order valence-corrected chi connectivity index (χ3v) is 8.07. The first kappa shape index (κ1) is 31.1. The molecule has 1 aromatic rings. The van der Waals surface area contributed by atoms with Gasteiger partial charge in [0, 0.05) is 32.1 Å². The second kappa shape index (κ2) is 13.8. The number of piperazine rings is 1. The first-order valence-electron chi connectivity index (χ1n) is 14.6. The van der Waals surface area contributed by atoms with Crippen molar-refractivity contribution in [1.82, 2.24) is 14.7 Å². The molecule has 0 aromatic heterocycles. The number of carbonyl (C=O) groups excluding carboxylic acids is 1. The van der Waals surface area contributed by atoms with Crippen LogP contribution in [-0.4, -0.2) is 72.5 Å². The number of allylic oxidation sites excluding steroid dienone is 3. The van der Waals surface area contributed by atoms with Gasteiger partial charge >= 0.3 is 0 Å². The van der Waals surface area contributed by atoms with Crippen molar-refractivity contribution in [2.75, 3.05) is 39.8 Å². The maximum atomic E-state index is 15.2. The van der Waals surface area contributed by atoms with Crippen molar-refractivity contribution in [3.8, 4) is 5.75 Å². The molecule has 0 N–H and O–H groups in total. The third-order valence-electron chi connectivity index (χ3n) is 8.07. The average molecular weight is 540 g/mol. The zero-order chi connectivity index (χ0) is 28.7. The van der Waals surface area contributed by atoms with Crippen molar-refractivity contribution in [2.24, 2.45) is 11.3 Å². The number of rotatable bonds is 9. The van der Waals surface area contributed by atoms with Crippen molar-refractivity contribution in [3.63, 3.8) is 0 Å². The molecule has 0 spiro atoms. The monoisotopic (exact) mass is 539 g/mol. The number of benzene rings is 1. The van der Waals surface area contributed by atoms with E-state index in [-0.39, 0.29) is 41.1 Å². The van der Waals surface area contributed by atoms with Crippen LogP contribution < -0.4 is 4.74 Å². The molecule has 39 heavy (non-hydrogen) atoms. The van der Waals surface area contributed by atoms with E-state index in [2.05, 4.69) is 55.2 Å². The largest absolute Gasteiger partial charge is 0.488 e. The highest BCUT2D eigenvalue weighted by Crippen LogP contribution is 2.37. The Morgan fingerprint density at radius 2 is 1.87 bits per heavy atom. The van der Waals surface area contributed by atoms with E-state index in [4.69, 9.17) is 4.74 Å². The Hall–Kier alpha value is -2.44. The molecule has 2 aliphatic rings. The van der Waals surface area contributed by atoms with Crippen LogP contribution in [0.3, 0.4) is 0 Å². The van der Waals surface area contributed by atoms with E-state index in [0.29, 0.717) is 32.0 Å². The molecule has 5 nitrogen and oxygen atoms in total. The van der Waals surface area contributed by atoms with E-state index in [9.17, 15) is 4.79 Å². The maximum absolute atomic E-state index is 15.2. The molecule has 2 saturated heterocycles. The molecule has 0 bridgehead atoms. The maximum Gasteiger partial charge on any atom is 0.223 e. The van der Waals surface area contributed by atoms with Gasteiger partial charge in [-0.3, -0.25) is 9.69 Å². The Morgan fingerprint density at radius 1 is 1.18 bits per heavy atom. The molecular weight excluding hydrogens is 489 g/mol. The van der Waals surface area contributed by atoms with Crippen LogP contribution in [0.15, 0.2) is 54.7 Å². The van der Waals surface area contributed by atoms with Gasteiger partial charge in [0.25, 0.3) is 0 Å². The molecule has 0 radical (unpaired) electrons. The first-order chi connectivity index (χ1) is 18.4. The smallest absolute Gasteiger partial charge is 0.223 e. The van der Waals surface area contributed by atoms with Crippen molar-refractivity contribution in [2.45, 2.75) is 79.0 Å². The molecule has 1 amide bonds. The topological polar surface area (TPSA) is 36.0 Å². The van der Waals surface area contributed by atoms with Gasteiger partial charge in [-0.15, -0.1) is 0 Å². The molecule has 0 aliphatic carbocycles. The van der Waals surface area contributed by atoms with Gasteiger partial charge < -0.3 is 14.5 Å². The number of nitrogens with zero attached hydrogens (tertiary/aromatic N) is 3. The summed E-state index contributed by atoms with van der Waals surface area (Å²) >= 11 is 0. The fourth-order valence-electron chi connectivity index (χ4n) is 5.84. The lowest BCUT2D eigenvalue weighted by Crippen LogP contribution is -2.60. The number of hydrogen-bond donors (Lipinski definition) is 0. The molecule has 1 aromatic carbocycles. The number of hydrogen-bond acceptors (Lipinski definition) is 4. The molecule has 216 valence electrons. The molecule has 2 atom stereocenters. The summed E-state index contributed by atoms with van der Waals surface area (Å²) in [5, 5.41) is 0. The minimum atomic E-state index is -0.361. The summed E-state index contributed by atoms with van der Waals surface area (Å²) in [6.07, 6.45) is 10.6. The van der Waals surface area contributed by atoms with E-state index < -0.39 is 0 Å². The Balaban J connectivity index is 1.90. The highest BCUT2D eigenvalue weighted by molar-refractivity contribution is 5.77. The number of halogens is 1. The van der Waals surface area contributed by atoms with Crippen LogP contribution in [0.2, 0.25) is 0 Å². The number of ether oxygens (including phenoxy) is 1. The summed E-state index contributed by atoms with van der Waals surface area (Å²) < 4.78 is 20.8. The molecule has 2 aliphatic heterocycles. The van der Waals surface area contributed by atoms with E-state index in [1.807, 2.05) is 45.1 Å². The second-order valence-electron chi connectivity index (χ2n) is 12.6. The highest BCUT2D eigenvalue weighted by Gasteiger charge is 2.41. The van der Waals surface area contributed by atoms with Gasteiger partial charge in [0.15, 0.2) is 11.6 Å². The number of likely N-dealkylation sites (tertiary alicyclic amines) is 1. The minimum absolute atomic E-state index is 0.0497. The lowest BCUT2D eigenvalue weighted by atomic mass is 9.82. The van der Waals surface area contributed by atoms with Gasteiger partial charge in [0.2, 0.25) is 5.91 Å². The first-order valence-corrected chi connectivity index (χ1v) is 14.6. The van der Waals surface area contributed by atoms with E-state index in [0.717, 1.165) is 37.1 Å². The van der Waals surface area contributed by atoms with E-state index >= 15 is 4.39 Å². The van der Waals surface area contributed by atoms with E-state index in [1.165, 1.54) is 0 Å². The minimum Gasteiger partial charge on any atom is -0.488 e. The van der Waals surface area contributed by atoms with Gasteiger partial charge in [-0.1, -0.05) is 57.7 Å². The van der Waals surface area contributed by atoms with Crippen LogP contribution >= 0.6 is 0 Å². The normalized spacial score (nSPS) is 21.5. The molecule has 3 rings (SSSR count). The lowest BCUT2D eigenvalue weighted by Gasteiger charge is -2.50. The van der Waals surface area contributed by atoms with E-state index in [1.54, 1.807) is 12.1 Å². The average Bonchev–Trinajstić information content (AvgIpc) is 2.88. The van der Waals surface area contributed by atoms with Crippen LogP contribution in [0.5, 0.6) is 5.75 Å². The summed E-state index contributed by atoms with van der Waals surface area (Å²) in [7, 11) is 2.16. The summed E-state index contributed by atoms with van der Waals surface area (Å²) in [6, 6.07) is 5.16. The van der Waals surface area contributed by atoms with Gasteiger partial charge in [-0.05, 0) is 88.4 Å². The highest BCUT2D eigenvalue weighted by atomic mass is 19.1. The SMILES string of the molecule is C=C/C(=C\C=C/C)C(c1ccc(OC(C)C)c(F)c1)N1CCN(C(=O)CC2CCN(C)CC2)[C@@H](C(C)(C)C)C1. The Labute approximate surface area is 236 Å². The lowest BCUT2D eigenvalue weighted by molar-refractivity contribution is -0.141. The van der Waals surface area contributed by atoms with Crippen molar-refractivity contribution in [1.29, 1.82) is 0 Å². The number of carbonyl (C=O) groups is 1. The van der Waals surface area contributed by atoms with Gasteiger partial charge in [-0.25, -0.2) is 4.39 Å². The summed E-state index contributed by atoms with van der Waals surface area (Å²) in [5.41, 5.74) is 1.76. The molecule has 2 fully saturated rings. The molecule has 2 heterocycles. The zero-order valence-corrected chi connectivity index (χ0v) is 25.3. The number of amides is 1. The van der Waals surface area contributed by atoms with Crippen LogP contribution in [0.1, 0.15) is 72.4 Å². The van der Waals surface area contributed by atoms with Crippen LogP contribution in [0.4, 0.5) is 4.39 Å². The van der Waals surface area contributed by atoms with Gasteiger partial charge in [0.1, 0.15) is 0 Å². The fourth-order valence-corrected chi connectivity index (χ4v) is 5.84. The van der Waals surface area contributed by atoms with Crippen LogP contribution in [-0.2, 0) is 4.79 Å². The zero-order valence-electron chi connectivity index (χ0n) is 25.3. The van der Waals surface area contributed by atoms with Gasteiger partial charge in [-0.2, -0.15) is 0 Å². The van der Waals surface area contributed by atoms with Crippen molar-refractivity contribution in [3.05, 3.63) is 66.0 Å². The quantitative estimate of drug-likeness (QED) is 0.330. The molecule has 0 saturated carbocycles. The molecule has 1 unspecified atom stereocenters. The third kappa shape index (κ3) is 8.28. The Bertz CT molecular complexity index is 1030. The predicted octanol–water partition coefficient (Wildman–Crippen LogP) is 6.63. The van der Waals surface area contributed by atoms with Crippen LogP contribution in [0, 0.1) is 17.2 Å². The van der Waals surface area contributed by atoms with Gasteiger partial charge in [0.05, 0.1) is 12.1 Å². The Morgan fingerprint density at radius 3 is 2.44 bits per heavy atom. The van der Waals surface area contributed by atoms with Crippen LogP contribution in [0.25, 0.3) is 0 Å². The summed E-state index contributed by atoms with van der Waals surface area (Å²) in [6.45, 7) is 20.7. The summed E-state index contributed by atoms with van der Waals surface area (Å²) in [4.78, 5) is 20.5. The second-order valence-corrected chi connectivity index (χ2v) is 12.6. The molecular formula is C33H50FN3O2. The molecule has 6 heteroatoms. The Kier molecular flexibility index (Phi) is 11.0. The summed E-state index contributed by atoms with van der Waals surface area (Å²) in [5.74, 6) is 0.642. The number of piperidine rings is 1. The standard InChI is InChI=1S/C33H50FN3O2/c1-9-11-12-26(10-2)32(27-13-14-29(28(34)22-27)39-24(3)4)36-19-20-37(30(23-36)33(5,6)7)31(38)21-25-15-17-35(8)18-16-25/h9-14,22,24-25,30,32H,2,15-21,23H2,1,3-8H3/b11-9-,26-12+/t30-,32?/m1/s1.